The zero-order chi connectivity index (χ0) is 15.2. The number of aromatic nitrogens is 2. The van der Waals surface area contributed by atoms with Gasteiger partial charge in [-0.2, -0.15) is 0 Å². The zero-order valence-corrected chi connectivity index (χ0v) is 14.0. The summed E-state index contributed by atoms with van der Waals surface area (Å²) in [4.78, 5) is 18.6. The molecule has 2 aromatic rings. The topological polar surface area (TPSA) is 46.8 Å². The van der Waals surface area contributed by atoms with E-state index in [1.54, 1.807) is 4.90 Å². The molecule has 0 saturated carbocycles. The number of hydrogen-bond donors (Lipinski definition) is 0. The molecule has 0 aliphatic carbocycles. The number of pyridine rings is 1. The van der Waals surface area contributed by atoms with Crippen LogP contribution in [0.15, 0.2) is 22.8 Å². The van der Waals surface area contributed by atoms with E-state index in [9.17, 15) is 4.79 Å². The molecule has 112 valence electrons. The number of nitrogens with zero attached hydrogens (tertiary/aromatic N) is 3. The Balaban J connectivity index is 1.88. The molecule has 1 aliphatic heterocycles. The summed E-state index contributed by atoms with van der Waals surface area (Å²) in [5, 5.41) is 0. The van der Waals surface area contributed by atoms with E-state index in [4.69, 9.17) is 4.74 Å². The Labute approximate surface area is 132 Å². The van der Waals surface area contributed by atoms with Gasteiger partial charge >= 0.3 is 6.09 Å². The number of hydrogen-bond acceptors (Lipinski definition) is 3. The summed E-state index contributed by atoms with van der Waals surface area (Å²) in [6.45, 7) is 6.82. The lowest BCUT2D eigenvalue weighted by Crippen LogP contribution is -2.40. The molecule has 5 nitrogen and oxygen atoms in total. The van der Waals surface area contributed by atoms with Crippen LogP contribution in [0.25, 0.3) is 5.65 Å². The zero-order valence-electron chi connectivity index (χ0n) is 12.4. The van der Waals surface area contributed by atoms with E-state index in [2.05, 4.69) is 20.9 Å². The van der Waals surface area contributed by atoms with Gasteiger partial charge in [0.1, 0.15) is 11.2 Å². The standard InChI is InChI=1S/C15H18BrN3O2/c1-15(2,3)21-14(20)18-6-5-11-12(9-18)19-7-4-10(16)8-13(19)17-11/h4,7-8H,5-6,9H2,1-3H3. The van der Waals surface area contributed by atoms with Crippen molar-refractivity contribution < 1.29 is 9.53 Å². The predicted molar refractivity (Wildman–Crippen MR) is 83.2 cm³/mol. The molecule has 0 radical (unpaired) electrons. The van der Waals surface area contributed by atoms with E-state index in [0.29, 0.717) is 13.1 Å². The smallest absolute Gasteiger partial charge is 0.410 e. The first-order valence-corrected chi connectivity index (χ1v) is 7.76. The lowest BCUT2D eigenvalue weighted by atomic mass is 10.1. The molecule has 3 rings (SSSR count). The third kappa shape index (κ3) is 2.90. The average Bonchev–Trinajstić information content (AvgIpc) is 2.72. The highest BCUT2D eigenvalue weighted by Gasteiger charge is 2.28. The Morgan fingerprint density at radius 3 is 2.90 bits per heavy atom. The van der Waals surface area contributed by atoms with Crippen LogP contribution in [0.5, 0.6) is 0 Å². The van der Waals surface area contributed by atoms with Crippen molar-refractivity contribution in [2.45, 2.75) is 39.3 Å². The van der Waals surface area contributed by atoms with Crippen molar-refractivity contribution >= 4 is 27.7 Å². The van der Waals surface area contributed by atoms with E-state index in [1.165, 1.54) is 0 Å². The SMILES string of the molecule is CC(C)(C)OC(=O)N1CCc2nc3cc(Br)ccn3c2C1. The molecule has 0 spiro atoms. The summed E-state index contributed by atoms with van der Waals surface area (Å²) in [6.07, 6.45) is 2.47. The molecule has 3 heterocycles. The van der Waals surface area contributed by atoms with Crippen LogP contribution in [0.3, 0.4) is 0 Å². The number of amides is 1. The van der Waals surface area contributed by atoms with E-state index < -0.39 is 5.60 Å². The Morgan fingerprint density at radius 2 is 2.19 bits per heavy atom. The van der Waals surface area contributed by atoms with Crippen molar-refractivity contribution in [1.29, 1.82) is 0 Å². The first kappa shape index (κ1) is 14.4. The largest absolute Gasteiger partial charge is 0.444 e. The fraction of sp³-hybridized carbons (Fsp3) is 0.467. The summed E-state index contributed by atoms with van der Waals surface area (Å²) in [5.41, 5.74) is 2.56. The molecule has 0 N–H and O–H groups in total. The van der Waals surface area contributed by atoms with Crippen LogP contribution in [0, 0.1) is 0 Å². The number of fused-ring (bicyclic) bond motifs is 3. The average molecular weight is 352 g/mol. The summed E-state index contributed by atoms with van der Waals surface area (Å²) < 4.78 is 8.49. The Bertz CT molecular complexity index is 703. The molecule has 0 unspecified atom stereocenters. The molecule has 6 heteroatoms. The lowest BCUT2D eigenvalue weighted by molar-refractivity contribution is 0.0220. The number of imidazole rings is 1. The van der Waals surface area contributed by atoms with Crippen LogP contribution >= 0.6 is 15.9 Å². The monoisotopic (exact) mass is 351 g/mol. The fourth-order valence-electron chi connectivity index (χ4n) is 2.47. The maximum atomic E-state index is 12.2. The van der Waals surface area contributed by atoms with Crippen LogP contribution in [-0.4, -0.2) is 32.5 Å². The van der Waals surface area contributed by atoms with Crippen LogP contribution < -0.4 is 0 Å². The summed E-state index contributed by atoms with van der Waals surface area (Å²) in [6, 6.07) is 3.96. The molecule has 0 bridgehead atoms. The van der Waals surface area contributed by atoms with Crippen LogP contribution in [0.1, 0.15) is 32.2 Å². The van der Waals surface area contributed by atoms with Gasteiger partial charge in [0.15, 0.2) is 0 Å². The van der Waals surface area contributed by atoms with Gasteiger partial charge in [0.25, 0.3) is 0 Å². The highest BCUT2D eigenvalue weighted by molar-refractivity contribution is 9.10. The van der Waals surface area contributed by atoms with Gasteiger partial charge in [-0.3, -0.25) is 0 Å². The van der Waals surface area contributed by atoms with E-state index in [1.807, 2.05) is 43.5 Å². The number of halogens is 1. The first-order valence-electron chi connectivity index (χ1n) is 6.97. The third-order valence-corrected chi connectivity index (χ3v) is 3.87. The van der Waals surface area contributed by atoms with E-state index in [-0.39, 0.29) is 6.09 Å². The molecule has 2 aromatic heterocycles. The minimum absolute atomic E-state index is 0.264. The quantitative estimate of drug-likeness (QED) is 0.730. The first-order chi connectivity index (χ1) is 9.83. The second-order valence-corrected chi connectivity index (χ2v) is 7.15. The number of rotatable bonds is 0. The molecule has 0 fully saturated rings. The lowest BCUT2D eigenvalue weighted by Gasteiger charge is -2.29. The summed E-state index contributed by atoms with van der Waals surface area (Å²) >= 11 is 3.46. The van der Waals surface area contributed by atoms with Gasteiger partial charge in [0.2, 0.25) is 0 Å². The van der Waals surface area contributed by atoms with Crippen molar-refractivity contribution in [2.24, 2.45) is 0 Å². The van der Waals surface area contributed by atoms with Gasteiger partial charge in [-0.1, -0.05) is 15.9 Å². The molecule has 1 aliphatic rings. The maximum absolute atomic E-state index is 12.2. The fourth-order valence-corrected chi connectivity index (χ4v) is 2.79. The van der Waals surface area contributed by atoms with Crippen molar-refractivity contribution in [1.82, 2.24) is 14.3 Å². The van der Waals surface area contributed by atoms with Gasteiger partial charge in [-0.05, 0) is 32.9 Å². The normalized spacial score (nSPS) is 15.1. The van der Waals surface area contributed by atoms with Gasteiger partial charge in [0, 0.05) is 23.6 Å². The van der Waals surface area contributed by atoms with Gasteiger partial charge in [0.05, 0.1) is 17.9 Å². The highest BCUT2D eigenvalue weighted by atomic mass is 79.9. The van der Waals surface area contributed by atoms with Crippen molar-refractivity contribution in [3.63, 3.8) is 0 Å². The minimum atomic E-state index is -0.471. The summed E-state index contributed by atoms with van der Waals surface area (Å²) in [7, 11) is 0. The molecular formula is C15H18BrN3O2. The predicted octanol–water partition coefficient (Wildman–Crippen LogP) is 3.39. The van der Waals surface area contributed by atoms with Gasteiger partial charge in [-0.15, -0.1) is 0 Å². The Hall–Kier alpha value is -1.56. The highest BCUT2D eigenvalue weighted by Crippen LogP contribution is 2.23. The molecule has 21 heavy (non-hydrogen) atoms. The number of carbonyl (C=O) groups excluding carboxylic acids is 1. The summed E-state index contributed by atoms with van der Waals surface area (Å²) in [5.74, 6) is 0. The van der Waals surface area contributed by atoms with Crippen molar-refractivity contribution in [2.75, 3.05) is 6.54 Å². The second-order valence-electron chi connectivity index (χ2n) is 6.23. The van der Waals surface area contributed by atoms with Gasteiger partial charge in [-0.25, -0.2) is 9.78 Å². The van der Waals surface area contributed by atoms with Crippen LogP contribution in [0.2, 0.25) is 0 Å². The number of ether oxygens (including phenoxy) is 1. The van der Waals surface area contributed by atoms with Crippen LogP contribution in [0.4, 0.5) is 4.79 Å². The molecule has 1 amide bonds. The Kier molecular flexibility index (Phi) is 3.43. The van der Waals surface area contributed by atoms with Crippen LogP contribution in [-0.2, 0) is 17.7 Å². The second kappa shape index (κ2) is 5.02. The van der Waals surface area contributed by atoms with Crippen molar-refractivity contribution in [3.05, 3.63) is 34.2 Å². The maximum Gasteiger partial charge on any atom is 0.410 e. The Morgan fingerprint density at radius 1 is 1.43 bits per heavy atom. The number of carbonyl (C=O) groups is 1. The molecule has 0 atom stereocenters. The molecule has 0 saturated heterocycles. The molecule has 0 aromatic carbocycles. The van der Waals surface area contributed by atoms with Gasteiger partial charge < -0.3 is 14.0 Å². The minimum Gasteiger partial charge on any atom is -0.444 e. The molecular weight excluding hydrogens is 334 g/mol. The third-order valence-electron chi connectivity index (χ3n) is 3.38. The van der Waals surface area contributed by atoms with Crippen molar-refractivity contribution in [3.8, 4) is 0 Å². The van der Waals surface area contributed by atoms with E-state index in [0.717, 1.165) is 27.9 Å². The van der Waals surface area contributed by atoms with E-state index >= 15 is 0 Å².